The Bertz CT molecular complexity index is 891. The second-order valence-corrected chi connectivity index (χ2v) is 6.07. The number of rotatable bonds is 10. The van der Waals surface area contributed by atoms with E-state index in [-0.39, 0.29) is 0 Å². The highest BCUT2D eigenvalue weighted by Crippen LogP contribution is 2.31. The van der Waals surface area contributed by atoms with Gasteiger partial charge in [0.05, 0.1) is 18.8 Å². The van der Waals surface area contributed by atoms with Gasteiger partial charge in [-0.15, -0.1) is 0 Å². The van der Waals surface area contributed by atoms with Crippen LogP contribution in [0.5, 0.6) is 17.2 Å². The molecule has 0 amide bonds. The van der Waals surface area contributed by atoms with Crippen molar-refractivity contribution in [2.45, 2.75) is 6.54 Å². The monoisotopic (exact) mass is 385 g/mol. The Morgan fingerprint density at radius 1 is 0.552 bits per heavy atom. The van der Waals surface area contributed by atoms with E-state index in [2.05, 4.69) is 24.6 Å². The lowest BCUT2D eigenvalue weighted by atomic mass is 10.1. The van der Waals surface area contributed by atoms with Gasteiger partial charge in [0.25, 0.3) is 0 Å². The summed E-state index contributed by atoms with van der Waals surface area (Å²) in [6, 6.07) is 23.7. The molecule has 29 heavy (non-hydrogen) atoms. The van der Waals surface area contributed by atoms with Crippen LogP contribution in [0, 0.1) is 0 Å². The van der Waals surface area contributed by atoms with E-state index in [9.17, 15) is 0 Å². The maximum atomic E-state index is 5.34. The minimum Gasteiger partial charge on any atom is -0.466 e. The molecule has 0 unspecified atom stereocenters. The molecule has 0 atom stereocenters. The largest absolute Gasteiger partial charge is 0.466 e. The van der Waals surface area contributed by atoms with Crippen molar-refractivity contribution in [3.8, 4) is 17.2 Å². The molecule has 0 aromatic heterocycles. The van der Waals surface area contributed by atoms with Crippen molar-refractivity contribution in [2.24, 2.45) is 0 Å². The fraction of sp³-hybridized carbons (Fsp3) is 0.0400. The van der Waals surface area contributed by atoms with Gasteiger partial charge in [-0.25, -0.2) is 0 Å². The smallest absolute Gasteiger partial charge is 0.126 e. The molecule has 0 saturated heterocycles. The van der Waals surface area contributed by atoms with Gasteiger partial charge in [0.2, 0.25) is 0 Å². The topological polar surface area (TPSA) is 30.9 Å². The second-order valence-electron chi connectivity index (χ2n) is 6.07. The van der Waals surface area contributed by atoms with Crippen molar-refractivity contribution in [2.75, 3.05) is 4.90 Å². The van der Waals surface area contributed by atoms with Crippen molar-refractivity contribution in [1.29, 1.82) is 0 Å². The van der Waals surface area contributed by atoms with E-state index in [4.69, 9.17) is 14.2 Å². The SMILES string of the molecule is C=COc1ccc(CN(c2ccc(OC=C)cc2)c2ccc(OC=C)cc2)cc1. The minimum absolute atomic E-state index is 0.678. The summed E-state index contributed by atoms with van der Waals surface area (Å²) in [6.45, 7) is 11.4. The van der Waals surface area contributed by atoms with Crippen LogP contribution in [0.25, 0.3) is 0 Å². The molecule has 0 spiro atoms. The predicted octanol–water partition coefficient (Wildman–Crippen LogP) is 6.59. The van der Waals surface area contributed by atoms with Gasteiger partial charge < -0.3 is 19.1 Å². The molecular formula is C25H23NO3. The van der Waals surface area contributed by atoms with Gasteiger partial charge in [-0.1, -0.05) is 31.9 Å². The first kappa shape index (κ1) is 19.8. The Hall–Kier alpha value is -3.92. The molecule has 146 valence electrons. The summed E-state index contributed by atoms with van der Waals surface area (Å²) in [5.74, 6) is 2.24. The van der Waals surface area contributed by atoms with E-state index >= 15 is 0 Å². The van der Waals surface area contributed by atoms with Crippen LogP contribution >= 0.6 is 0 Å². The van der Waals surface area contributed by atoms with Gasteiger partial charge in [0, 0.05) is 17.9 Å². The third-order valence-electron chi connectivity index (χ3n) is 4.22. The molecule has 0 radical (unpaired) electrons. The van der Waals surface area contributed by atoms with Crippen LogP contribution in [0.4, 0.5) is 11.4 Å². The third-order valence-corrected chi connectivity index (χ3v) is 4.22. The molecule has 4 nitrogen and oxygen atoms in total. The molecule has 3 rings (SSSR count). The Balaban J connectivity index is 1.90. The molecule has 0 bridgehead atoms. The Morgan fingerprint density at radius 2 is 0.897 bits per heavy atom. The fourth-order valence-corrected chi connectivity index (χ4v) is 2.89. The van der Waals surface area contributed by atoms with E-state index in [0.717, 1.165) is 34.2 Å². The zero-order valence-corrected chi connectivity index (χ0v) is 16.2. The number of hydrogen-bond acceptors (Lipinski definition) is 4. The average molecular weight is 385 g/mol. The zero-order valence-electron chi connectivity index (χ0n) is 16.2. The Morgan fingerprint density at radius 3 is 1.24 bits per heavy atom. The van der Waals surface area contributed by atoms with Gasteiger partial charge >= 0.3 is 0 Å². The maximum absolute atomic E-state index is 5.34. The molecule has 3 aromatic carbocycles. The van der Waals surface area contributed by atoms with E-state index in [1.807, 2.05) is 72.8 Å². The number of ether oxygens (including phenoxy) is 3. The van der Waals surface area contributed by atoms with Crippen molar-refractivity contribution >= 4 is 11.4 Å². The molecule has 0 aliphatic carbocycles. The highest BCUT2D eigenvalue weighted by atomic mass is 16.5. The molecule has 0 N–H and O–H groups in total. The van der Waals surface area contributed by atoms with Gasteiger partial charge in [-0.2, -0.15) is 0 Å². The summed E-state index contributed by atoms with van der Waals surface area (Å²) in [7, 11) is 0. The lowest BCUT2D eigenvalue weighted by Crippen LogP contribution is -2.16. The van der Waals surface area contributed by atoms with E-state index in [1.165, 1.54) is 18.8 Å². The second kappa shape index (κ2) is 9.85. The summed E-state index contributed by atoms with van der Waals surface area (Å²) < 4.78 is 16.0. The van der Waals surface area contributed by atoms with Crippen LogP contribution in [0.1, 0.15) is 5.56 Å². The Kier molecular flexibility index (Phi) is 6.74. The van der Waals surface area contributed by atoms with Crippen molar-refractivity contribution < 1.29 is 14.2 Å². The lowest BCUT2D eigenvalue weighted by molar-refractivity contribution is 0.483. The molecule has 0 heterocycles. The quantitative estimate of drug-likeness (QED) is 0.368. The van der Waals surface area contributed by atoms with Crippen LogP contribution in [-0.4, -0.2) is 0 Å². The third kappa shape index (κ3) is 5.30. The first-order valence-electron chi connectivity index (χ1n) is 9.13. The first-order valence-corrected chi connectivity index (χ1v) is 9.13. The summed E-state index contributed by atoms with van der Waals surface area (Å²) in [5, 5.41) is 0. The van der Waals surface area contributed by atoms with Crippen LogP contribution < -0.4 is 19.1 Å². The van der Waals surface area contributed by atoms with Gasteiger partial charge in [-0.05, 0) is 66.2 Å². The van der Waals surface area contributed by atoms with Crippen molar-refractivity contribution in [3.63, 3.8) is 0 Å². The Labute approximate surface area is 171 Å². The molecule has 0 aliphatic heterocycles. The number of hydrogen-bond donors (Lipinski definition) is 0. The van der Waals surface area contributed by atoms with E-state index < -0.39 is 0 Å². The summed E-state index contributed by atoms with van der Waals surface area (Å²) in [4.78, 5) is 2.21. The van der Waals surface area contributed by atoms with Gasteiger partial charge in [0.1, 0.15) is 17.2 Å². The van der Waals surface area contributed by atoms with Crippen LogP contribution in [0.3, 0.4) is 0 Å². The molecule has 0 fully saturated rings. The van der Waals surface area contributed by atoms with Crippen LogP contribution in [0.2, 0.25) is 0 Å². The normalized spacial score (nSPS) is 9.93. The molecule has 4 heteroatoms. The van der Waals surface area contributed by atoms with Gasteiger partial charge in [-0.3, -0.25) is 0 Å². The summed E-state index contributed by atoms with van der Waals surface area (Å²) in [6.07, 6.45) is 4.25. The summed E-state index contributed by atoms with van der Waals surface area (Å²) >= 11 is 0. The highest BCUT2D eigenvalue weighted by molar-refractivity contribution is 5.65. The summed E-state index contributed by atoms with van der Waals surface area (Å²) in [5.41, 5.74) is 3.20. The molecule has 0 aliphatic rings. The van der Waals surface area contributed by atoms with Crippen molar-refractivity contribution in [3.05, 3.63) is 117 Å². The van der Waals surface area contributed by atoms with Crippen LogP contribution in [-0.2, 0) is 6.54 Å². The predicted molar refractivity (Wildman–Crippen MR) is 118 cm³/mol. The maximum Gasteiger partial charge on any atom is 0.126 e. The van der Waals surface area contributed by atoms with Gasteiger partial charge in [0.15, 0.2) is 0 Å². The lowest BCUT2D eigenvalue weighted by Gasteiger charge is -2.25. The number of anilines is 2. The molecule has 0 saturated carbocycles. The standard InChI is InChI=1S/C25H23NO3/c1-4-27-23-13-7-20(8-14-23)19-26(21-9-15-24(16-10-21)28-5-2)22-11-17-25(18-12-22)29-6-3/h4-18H,1-3,19H2. The minimum atomic E-state index is 0.678. The highest BCUT2D eigenvalue weighted by Gasteiger charge is 2.11. The van der Waals surface area contributed by atoms with Crippen LogP contribution in [0.15, 0.2) is 111 Å². The average Bonchev–Trinajstić information content (AvgIpc) is 2.75. The zero-order chi connectivity index (χ0) is 20.5. The number of benzene rings is 3. The van der Waals surface area contributed by atoms with E-state index in [1.54, 1.807) is 0 Å². The van der Waals surface area contributed by atoms with Crippen molar-refractivity contribution in [1.82, 2.24) is 0 Å². The first-order chi connectivity index (χ1) is 14.2. The van der Waals surface area contributed by atoms with E-state index in [0.29, 0.717) is 6.54 Å². The number of nitrogens with zero attached hydrogens (tertiary/aromatic N) is 1. The molecule has 3 aromatic rings. The molecular weight excluding hydrogens is 362 g/mol. The fourth-order valence-electron chi connectivity index (χ4n) is 2.89.